The van der Waals surface area contributed by atoms with E-state index in [0.717, 1.165) is 32.1 Å². The summed E-state index contributed by atoms with van der Waals surface area (Å²) < 4.78 is 38.8. The van der Waals surface area contributed by atoms with Crippen molar-refractivity contribution in [2.45, 2.75) is 45.4 Å². The molecule has 8 heteroatoms. The molecule has 0 N–H and O–H groups in total. The molecular formula is C18H26N2O5S. The lowest BCUT2D eigenvalue weighted by Crippen LogP contribution is -2.09. The first-order chi connectivity index (χ1) is 12.5. The highest BCUT2D eigenvalue weighted by Gasteiger charge is 2.14. The van der Waals surface area contributed by atoms with Crippen molar-refractivity contribution in [2.24, 2.45) is 5.16 Å². The number of rotatable bonds is 12. The van der Waals surface area contributed by atoms with Crippen LogP contribution < -0.4 is 9.47 Å². The van der Waals surface area contributed by atoms with Gasteiger partial charge in [0.25, 0.3) is 0 Å². The number of unbranched alkanes of at least 4 members (excludes halogenated alkanes) is 5. The Hall–Kier alpha value is -2.27. The summed E-state index contributed by atoms with van der Waals surface area (Å²) in [7, 11) is -0.851. The summed E-state index contributed by atoms with van der Waals surface area (Å²) in [6.07, 6.45) is 5.75. The average molecular weight is 382 g/mol. The van der Waals surface area contributed by atoms with Crippen molar-refractivity contribution < 1.29 is 22.2 Å². The zero-order chi connectivity index (χ0) is 19.4. The van der Waals surface area contributed by atoms with Crippen molar-refractivity contribution >= 4 is 15.8 Å². The first-order valence-electron chi connectivity index (χ1n) is 8.59. The third-order valence-electron chi connectivity index (χ3n) is 3.75. The van der Waals surface area contributed by atoms with E-state index in [0.29, 0.717) is 23.5 Å². The number of nitriles is 1. The summed E-state index contributed by atoms with van der Waals surface area (Å²) in [5.74, 6) is 0.779. The summed E-state index contributed by atoms with van der Waals surface area (Å²) in [5, 5.41) is 12.7. The fourth-order valence-electron chi connectivity index (χ4n) is 2.31. The molecule has 0 aliphatic carbocycles. The fourth-order valence-corrected chi connectivity index (χ4v) is 3.13. The Morgan fingerprint density at radius 1 is 1.08 bits per heavy atom. The van der Waals surface area contributed by atoms with Crippen LogP contribution in [0.15, 0.2) is 23.4 Å². The van der Waals surface area contributed by atoms with Gasteiger partial charge in [0.1, 0.15) is 6.07 Å². The number of nitrogens with zero attached hydrogens (tertiary/aromatic N) is 2. The molecule has 1 aromatic carbocycles. The van der Waals surface area contributed by atoms with Crippen molar-refractivity contribution in [2.75, 3.05) is 20.0 Å². The molecule has 0 fully saturated rings. The second-order valence-electron chi connectivity index (χ2n) is 5.73. The number of methoxy groups -OCH3 is 2. The maximum atomic E-state index is 11.9. The van der Waals surface area contributed by atoms with E-state index in [2.05, 4.69) is 16.4 Å². The van der Waals surface area contributed by atoms with Crippen LogP contribution in [-0.4, -0.2) is 34.1 Å². The Labute approximate surface area is 155 Å². The number of hydrogen-bond donors (Lipinski definition) is 0. The smallest absolute Gasteiger partial charge is 0.328 e. The van der Waals surface area contributed by atoms with Gasteiger partial charge in [0.05, 0.1) is 20.0 Å². The standard InChI is InChI=1S/C18H26N2O5S/c1-4-5-6-7-8-9-12-26(21,22)25-20-16(14-19)15-10-11-17(23-2)18(13-15)24-3/h10-11,13H,4-9,12H2,1-3H3/b20-16+. The van der Waals surface area contributed by atoms with Gasteiger partial charge in [-0.25, -0.2) is 0 Å². The van der Waals surface area contributed by atoms with Crippen molar-refractivity contribution in [3.05, 3.63) is 23.8 Å². The van der Waals surface area contributed by atoms with Crippen LogP contribution in [-0.2, 0) is 14.4 Å². The molecule has 0 spiro atoms. The van der Waals surface area contributed by atoms with Gasteiger partial charge in [0.15, 0.2) is 17.2 Å². The number of benzene rings is 1. The molecule has 0 saturated carbocycles. The second-order valence-corrected chi connectivity index (χ2v) is 7.40. The van der Waals surface area contributed by atoms with Crippen LogP contribution in [0.25, 0.3) is 0 Å². The van der Waals surface area contributed by atoms with Crippen molar-refractivity contribution in [3.63, 3.8) is 0 Å². The summed E-state index contributed by atoms with van der Waals surface area (Å²) in [4.78, 5) is 0. The lowest BCUT2D eigenvalue weighted by atomic mass is 10.1. The highest BCUT2D eigenvalue weighted by Crippen LogP contribution is 2.27. The molecule has 0 unspecified atom stereocenters. The highest BCUT2D eigenvalue weighted by molar-refractivity contribution is 7.86. The van der Waals surface area contributed by atoms with E-state index in [1.54, 1.807) is 12.1 Å². The van der Waals surface area contributed by atoms with Gasteiger partial charge in [-0.05, 0) is 24.6 Å². The Bertz CT molecular complexity index is 738. The molecule has 0 saturated heterocycles. The quantitative estimate of drug-likeness (QED) is 0.311. The molecule has 1 rings (SSSR count). The fraction of sp³-hybridized carbons (Fsp3) is 0.556. The molecule has 0 aliphatic rings. The minimum Gasteiger partial charge on any atom is -0.493 e. The number of oxime groups is 1. The molecule has 0 bridgehead atoms. The summed E-state index contributed by atoms with van der Waals surface area (Å²) in [5.41, 5.74) is 0.220. The Balaban J connectivity index is 2.70. The van der Waals surface area contributed by atoms with Crippen molar-refractivity contribution in [1.82, 2.24) is 0 Å². The van der Waals surface area contributed by atoms with E-state index in [9.17, 15) is 13.7 Å². The number of hydrogen-bond acceptors (Lipinski definition) is 7. The Morgan fingerprint density at radius 2 is 1.73 bits per heavy atom. The van der Waals surface area contributed by atoms with E-state index in [1.165, 1.54) is 20.3 Å². The molecular weight excluding hydrogens is 356 g/mol. The summed E-state index contributed by atoms with van der Waals surface area (Å²) >= 11 is 0. The number of ether oxygens (including phenoxy) is 2. The van der Waals surface area contributed by atoms with Crippen LogP contribution >= 0.6 is 0 Å². The molecule has 0 radical (unpaired) electrons. The van der Waals surface area contributed by atoms with Crippen LogP contribution in [0.2, 0.25) is 0 Å². The molecule has 0 aromatic heterocycles. The SMILES string of the molecule is CCCCCCCCS(=O)(=O)O/N=C(\C#N)c1ccc(OC)c(OC)c1. The van der Waals surface area contributed by atoms with Crippen LogP contribution in [0.1, 0.15) is 51.0 Å². The first kappa shape index (κ1) is 21.8. The molecule has 0 atom stereocenters. The molecule has 7 nitrogen and oxygen atoms in total. The summed E-state index contributed by atoms with van der Waals surface area (Å²) in [6, 6.07) is 6.55. The van der Waals surface area contributed by atoms with Crippen LogP contribution in [0.5, 0.6) is 11.5 Å². The van der Waals surface area contributed by atoms with E-state index < -0.39 is 10.1 Å². The average Bonchev–Trinajstić information content (AvgIpc) is 2.64. The minimum atomic E-state index is -3.81. The topological polar surface area (TPSA) is 98.0 Å². The van der Waals surface area contributed by atoms with Crippen molar-refractivity contribution in [3.8, 4) is 17.6 Å². The maximum Gasteiger partial charge on any atom is 0.328 e. The largest absolute Gasteiger partial charge is 0.493 e. The molecule has 0 aliphatic heterocycles. The van der Waals surface area contributed by atoms with E-state index in [4.69, 9.17) is 9.47 Å². The minimum absolute atomic E-state index is 0.118. The van der Waals surface area contributed by atoms with Crippen LogP contribution in [0.4, 0.5) is 0 Å². The van der Waals surface area contributed by atoms with Gasteiger partial charge >= 0.3 is 10.1 Å². The lowest BCUT2D eigenvalue weighted by molar-refractivity contribution is 0.338. The van der Waals surface area contributed by atoms with Crippen LogP contribution in [0.3, 0.4) is 0 Å². The predicted octanol–water partition coefficient (Wildman–Crippen LogP) is 3.64. The molecule has 26 heavy (non-hydrogen) atoms. The van der Waals surface area contributed by atoms with Gasteiger partial charge in [0, 0.05) is 5.56 Å². The third-order valence-corrected chi connectivity index (χ3v) is 4.84. The molecule has 0 amide bonds. The van der Waals surface area contributed by atoms with Gasteiger partial charge in [-0.1, -0.05) is 44.2 Å². The van der Waals surface area contributed by atoms with Crippen LogP contribution in [0, 0.1) is 11.3 Å². The second kappa shape index (κ2) is 11.4. The van der Waals surface area contributed by atoms with Gasteiger partial charge in [-0.2, -0.15) is 13.7 Å². The maximum absolute atomic E-state index is 11.9. The molecule has 144 valence electrons. The molecule has 1 aromatic rings. The van der Waals surface area contributed by atoms with Gasteiger partial charge in [0.2, 0.25) is 0 Å². The van der Waals surface area contributed by atoms with Gasteiger partial charge in [-0.3, -0.25) is 4.28 Å². The molecule has 0 heterocycles. The van der Waals surface area contributed by atoms with E-state index in [-0.39, 0.29) is 11.5 Å². The van der Waals surface area contributed by atoms with Gasteiger partial charge in [-0.15, -0.1) is 0 Å². The highest BCUT2D eigenvalue weighted by atomic mass is 32.2. The monoisotopic (exact) mass is 382 g/mol. The lowest BCUT2D eigenvalue weighted by Gasteiger charge is -2.08. The third kappa shape index (κ3) is 7.31. The van der Waals surface area contributed by atoms with E-state index in [1.807, 2.05) is 6.07 Å². The predicted molar refractivity (Wildman–Crippen MR) is 99.9 cm³/mol. The van der Waals surface area contributed by atoms with Gasteiger partial charge < -0.3 is 9.47 Å². The Morgan fingerprint density at radius 3 is 2.35 bits per heavy atom. The zero-order valence-corrected chi connectivity index (χ0v) is 16.3. The Kier molecular flexibility index (Phi) is 9.52. The van der Waals surface area contributed by atoms with E-state index >= 15 is 0 Å². The van der Waals surface area contributed by atoms with Crippen molar-refractivity contribution in [1.29, 1.82) is 5.26 Å². The first-order valence-corrected chi connectivity index (χ1v) is 10.2. The zero-order valence-electron chi connectivity index (χ0n) is 15.5. The summed E-state index contributed by atoms with van der Waals surface area (Å²) in [6.45, 7) is 2.13. The normalized spacial score (nSPS) is 11.7.